The van der Waals surface area contributed by atoms with Gasteiger partial charge in [0.2, 0.25) is 0 Å². The first-order valence-electron chi connectivity index (χ1n) is 11.1. The van der Waals surface area contributed by atoms with Crippen molar-refractivity contribution < 1.29 is 9.53 Å². The molecule has 1 aromatic rings. The third-order valence-corrected chi connectivity index (χ3v) is 5.19. The number of amides is 1. The van der Waals surface area contributed by atoms with Gasteiger partial charge in [-0.2, -0.15) is 0 Å². The van der Waals surface area contributed by atoms with Crippen molar-refractivity contribution in [1.29, 1.82) is 0 Å². The van der Waals surface area contributed by atoms with Gasteiger partial charge in [-0.1, -0.05) is 39.2 Å². The van der Waals surface area contributed by atoms with Crippen molar-refractivity contribution in [2.45, 2.75) is 91.2 Å². The zero-order valence-electron chi connectivity index (χ0n) is 18.5. The number of anilines is 1. The number of ether oxygens (including phenoxy) is 1. The summed E-state index contributed by atoms with van der Waals surface area (Å²) in [6, 6.07) is 4.48. The highest BCUT2D eigenvalue weighted by Crippen LogP contribution is 2.36. The predicted octanol–water partition coefficient (Wildman–Crippen LogP) is 5.95. The fourth-order valence-electron chi connectivity index (χ4n) is 3.78. The monoisotopic (exact) mass is 389 g/mol. The fourth-order valence-corrected chi connectivity index (χ4v) is 3.78. The minimum atomic E-state index is -0.519. The molecule has 0 spiro atoms. The smallest absolute Gasteiger partial charge is 0.416 e. The Labute approximate surface area is 171 Å². The van der Waals surface area contributed by atoms with E-state index >= 15 is 0 Å². The van der Waals surface area contributed by atoms with Gasteiger partial charge in [0, 0.05) is 24.3 Å². The molecule has 1 saturated heterocycles. The van der Waals surface area contributed by atoms with Crippen molar-refractivity contribution in [2.24, 2.45) is 0 Å². The Bertz CT molecular complexity index is 612. The molecular formula is C23H39N3O2. The van der Waals surface area contributed by atoms with Crippen LogP contribution in [-0.2, 0) is 4.74 Å². The normalized spacial score (nSPS) is 18.1. The summed E-state index contributed by atoms with van der Waals surface area (Å²) in [6.45, 7) is 13.0. The lowest BCUT2D eigenvalue weighted by molar-refractivity contribution is 0.0577. The highest BCUT2D eigenvalue weighted by molar-refractivity contribution is 5.87. The number of carbonyl (C=O) groups excluding carboxylic acids is 1. The molecule has 1 atom stereocenters. The Morgan fingerprint density at radius 2 is 2.00 bits per heavy atom. The maximum atomic E-state index is 13.0. The number of aromatic nitrogens is 1. The number of hydrogen-bond donors (Lipinski definition) is 0. The van der Waals surface area contributed by atoms with Crippen LogP contribution in [0.3, 0.4) is 0 Å². The highest BCUT2D eigenvalue weighted by atomic mass is 16.6. The molecule has 0 bridgehead atoms. The van der Waals surface area contributed by atoms with Crippen LogP contribution in [0.15, 0.2) is 18.3 Å². The van der Waals surface area contributed by atoms with Crippen molar-refractivity contribution in [3.8, 4) is 0 Å². The molecule has 1 fully saturated rings. The average Bonchev–Trinajstić information content (AvgIpc) is 2.66. The highest BCUT2D eigenvalue weighted by Gasteiger charge is 2.31. The van der Waals surface area contributed by atoms with Crippen LogP contribution in [0.25, 0.3) is 0 Å². The summed E-state index contributed by atoms with van der Waals surface area (Å²) < 4.78 is 5.72. The lowest BCUT2D eigenvalue weighted by atomic mass is 9.95. The van der Waals surface area contributed by atoms with E-state index in [-0.39, 0.29) is 6.09 Å². The zero-order chi connectivity index (χ0) is 20.6. The van der Waals surface area contributed by atoms with Crippen molar-refractivity contribution in [2.75, 3.05) is 24.5 Å². The Morgan fingerprint density at radius 1 is 1.25 bits per heavy atom. The summed E-state index contributed by atoms with van der Waals surface area (Å²) >= 11 is 0. The van der Waals surface area contributed by atoms with Crippen molar-refractivity contribution in [3.63, 3.8) is 0 Å². The van der Waals surface area contributed by atoms with Crippen LogP contribution in [0.4, 0.5) is 10.6 Å². The van der Waals surface area contributed by atoms with Gasteiger partial charge >= 0.3 is 6.09 Å². The van der Waals surface area contributed by atoms with Gasteiger partial charge in [0.05, 0.1) is 0 Å². The number of unbranched alkanes of at least 4 members (excludes halogenated alkanes) is 2. The minimum Gasteiger partial charge on any atom is -0.443 e. The molecule has 2 rings (SSSR count). The number of nitrogens with zero attached hydrogens (tertiary/aromatic N) is 3. The summed E-state index contributed by atoms with van der Waals surface area (Å²) in [4.78, 5) is 22.0. The van der Waals surface area contributed by atoms with Crippen LogP contribution in [0, 0.1) is 0 Å². The molecule has 1 aliphatic rings. The third kappa shape index (κ3) is 6.47. The summed E-state index contributed by atoms with van der Waals surface area (Å²) in [5.41, 5.74) is 0.648. The second-order valence-corrected chi connectivity index (χ2v) is 8.80. The molecule has 5 nitrogen and oxygen atoms in total. The number of carbonyl (C=O) groups is 1. The zero-order valence-corrected chi connectivity index (χ0v) is 18.5. The molecule has 0 radical (unpaired) electrons. The first kappa shape index (κ1) is 22.7. The number of hydrogen-bond acceptors (Lipinski definition) is 4. The number of likely N-dealkylation sites (tertiary alicyclic amines) is 1. The lowest BCUT2D eigenvalue weighted by Crippen LogP contribution is -2.40. The fraction of sp³-hybridized carbons (Fsp3) is 0.739. The summed E-state index contributed by atoms with van der Waals surface area (Å²) in [5, 5.41) is 0. The van der Waals surface area contributed by atoms with Gasteiger partial charge in [0.15, 0.2) is 0 Å². The maximum Gasteiger partial charge on any atom is 0.416 e. The van der Waals surface area contributed by atoms with E-state index in [2.05, 4.69) is 29.8 Å². The van der Waals surface area contributed by atoms with Gasteiger partial charge < -0.3 is 4.74 Å². The maximum absolute atomic E-state index is 13.0. The Balaban J connectivity index is 2.35. The van der Waals surface area contributed by atoms with Crippen LogP contribution in [-0.4, -0.2) is 41.2 Å². The minimum absolute atomic E-state index is 0.295. The molecule has 158 valence electrons. The second-order valence-electron chi connectivity index (χ2n) is 8.80. The molecule has 2 heterocycles. The van der Waals surface area contributed by atoms with Crippen LogP contribution in [0.2, 0.25) is 0 Å². The Morgan fingerprint density at radius 3 is 2.68 bits per heavy atom. The van der Waals surface area contributed by atoms with Gasteiger partial charge in [0.1, 0.15) is 11.4 Å². The van der Waals surface area contributed by atoms with E-state index in [9.17, 15) is 4.79 Å². The second kappa shape index (κ2) is 10.8. The predicted molar refractivity (Wildman–Crippen MR) is 116 cm³/mol. The van der Waals surface area contributed by atoms with Crippen molar-refractivity contribution in [3.05, 3.63) is 23.9 Å². The van der Waals surface area contributed by atoms with Gasteiger partial charge in [0.25, 0.3) is 0 Å². The number of rotatable bonds is 8. The first-order valence-corrected chi connectivity index (χ1v) is 11.1. The van der Waals surface area contributed by atoms with Gasteiger partial charge in [-0.15, -0.1) is 0 Å². The molecule has 5 heteroatoms. The molecule has 0 unspecified atom stereocenters. The molecule has 1 amide bonds. The molecule has 0 N–H and O–H groups in total. The summed E-state index contributed by atoms with van der Waals surface area (Å²) in [7, 11) is 0. The van der Waals surface area contributed by atoms with Gasteiger partial charge in [-0.05, 0) is 65.6 Å². The SMILES string of the molecule is CCCCN(C(=O)OC(C)(C)C)c1ncccc1[C@@H]1CCCCN1CCCC. The topological polar surface area (TPSA) is 45.7 Å². The number of pyridine rings is 1. The van der Waals surface area contributed by atoms with Crippen LogP contribution in [0.5, 0.6) is 0 Å². The van der Waals surface area contributed by atoms with Crippen LogP contribution >= 0.6 is 0 Å². The molecule has 1 aromatic heterocycles. The van der Waals surface area contributed by atoms with E-state index in [4.69, 9.17) is 4.74 Å². The molecule has 0 saturated carbocycles. The van der Waals surface area contributed by atoms with E-state index in [0.717, 1.165) is 38.2 Å². The largest absolute Gasteiger partial charge is 0.443 e. The van der Waals surface area contributed by atoms with E-state index in [0.29, 0.717) is 12.6 Å². The third-order valence-electron chi connectivity index (χ3n) is 5.19. The molecule has 0 aliphatic carbocycles. The number of piperidine rings is 1. The molecule has 0 aromatic carbocycles. The van der Waals surface area contributed by atoms with Gasteiger partial charge in [-0.3, -0.25) is 9.80 Å². The van der Waals surface area contributed by atoms with E-state index < -0.39 is 5.60 Å². The van der Waals surface area contributed by atoms with Crippen LogP contribution in [0.1, 0.15) is 91.2 Å². The van der Waals surface area contributed by atoms with Gasteiger partial charge in [-0.25, -0.2) is 9.78 Å². The van der Waals surface area contributed by atoms with Crippen LogP contribution < -0.4 is 4.90 Å². The van der Waals surface area contributed by atoms with E-state index in [1.807, 2.05) is 26.8 Å². The first-order chi connectivity index (χ1) is 13.4. The quantitative estimate of drug-likeness (QED) is 0.551. The standard InChI is InChI=1S/C23H39N3O2/c1-6-8-16-25-17-11-10-14-20(25)19-13-12-15-24-21(19)26(18-9-7-2)22(27)28-23(3,4)5/h12-13,15,20H,6-11,14,16-18H2,1-5H3/t20-/m0/s1. The summed E-state index contributed by atoms with van der Waals surface area (Å²) in [5.74, 6) is 0.776. The molecule has 1 aliphatic heterocycles. The van der Waals surface area contributed by atoms with Crippen molar-refractivity contribution in [1.82, 2.24) is 9.88 Å². The lowest BCUT2D eigenvalue weighted by Gasteiger charge is -2.38. The van der Waals surface area contributed by atoms with E-state index in [1.165, 1.54) is 31.2 Å². The molecule has 28 heavy (non-hydrogen) atoms. The Hall–Kier alpha value is -1.62. The van der Waals surface area contributed by atoms with E-state index in [1.54, 1.807) is 11.1 Å². The Kier molecular flexibility index (Phi) is 8.74. The average molecular weight is 390 g/mol. The summed E-state index contributed by atoms with van der Waals surface area (Å²) in [6.07, 6.45) is 9.45. The molecular weight excluding hydrogens is 350 g/mol. The van der Waals surface area contributed by atoms with Crippen molar-refractivity contribution >= 4 is 11.9 Å².